The Bertz CT molecular complexity index is 952. The standard InChI is InChI=1S/C23H23NO4/c1-28-23(27)13-7-5-12(6-8-13)20-19-15-10-9-14(11-15)18(19)16-3-2-4-17(22(25)26)21(16)24-20/h2-8,14-15,18-20,24H,9-11H2,1H3,(H,25,26)/p-1/t14-,15+,18-,19-,20-/m0/s1. The molecule has 0 unspecified atom stereocenters. The van der Waals surface area contributed by atoms with Crippen molar-refractivity contribution in [1.82, 2.24) is 0 Å². The Hall–Kier alpha value is -2.82. The fraction of sp³-hybridized carbons (Fsp3) is 0.391. The Labute approximate surface area is 163 Å². The molecule has 28 heavy (non-hydrogen) atoms. The van der Waals surface area contributed by atoms with Crippen LogP contribution in [0.3, 0.4) is 0 Å². The molecule has 5 rings (SSSR count). The number of hydrogen-bond donors (Lipinski definition) is 1. The van der Waals surface area contributed by atoms with Crippen LogP contribution in [-0.2, 0) is 4.74 Å². The molecule has 5 nitrogen and oxygen atoms in total. The van der Waals surface area contributed by atoms with E-state index in [-0.39, 0.29) is 17.6 Å². The zero-order valence-corrected chi connectivity index (χ0v) is 15.7. The van der Waals surface area contributed by atoms with E-state index in [0.29, 0.717) is 34.9 Å². The minimum atomic E-state index is -1.15. The van der Waals surface area contributed by atoms with Crippen molar-refractivity contribution in [3.05, 3.63) is 64.7 Å². The Morgan fingerprint density at radius 3 is 2.54 bits per heavy atom. The monoisotopic (exact) mass is 376 g/mol. The number of rotatable bonds is 3. The molecule has 2 fully saturated rings. The summed E-state index contributed by atoms with van der Waals surface area (Å²) in [4.78, 5) is 23.5. The van der Waals surface area contributed by atoms with Crippen LogP contribution >= 0.6 is 0 Å². The van der Waals surface area contributed by atoms with Gasteiger partial charge in [-0.1, -0.05) is 30.3 Å². The van der Waals surface area contributed by atoms with E-state index in [4.69, 9.17) is 4.74 Å². The summed E-state index contributed by atoms with van der Waals surface area (Å²) in [5.41, 5.74) is 3.66. The van der Waals surface area contributed by atoms with Crippen molar-refractivity contribution in [1.29, 1.82) is 0 Å². The van der Waals surface area contributed by atoms with Crippen LogP contribution in [0.2, 0.25) is 0 Å². The Kier molecular flexibility index (Phi) is 3.93. The molecule has 0 radical (unpaired) electrons. The molecule has 5 atom stereocenters. The first-order chi connectivity index (χ1) is 13.6. The number of carboxylic acids is 1. The second-order valence-corrected chi connectivity index (χ2v) is 8.23. The minimum absolute atomic E-state index is 0.0278. The molecule has 3 aliphatic rings. The Morgan fingerprint density at radius 1 is 1.07 bits per heavy atom. The lowest BCUT2D eigenvalue weighted by Gasteiger charge is -2.44. The van der Waals surface area contributed by atoms with Gasteiger partial charge in [-0.15, -0.1) is 0 Å². The van der Waals surface area contributed by atoms with E-state index in [2.05, 4.69) is 11.4 Å². The van der Waals surface area contributed by atoms with E-state index in [1.807, 2.05) is 18.2 Å². The normalized spacial score (nSPS) is 29.5. The van der Waals surface area contributed by atoms with E-state index in [0.717, 1.165) is 11.1 Å². The number of carbonyl (C=O) groups is 2. The van der Waals surface area contributed by atoms with Crippen molar-refractivity contribution in [3.63, 3.8) is 0 Å². The molecule has 2 saturated carbocycles. The van der Waals surface area contributed by atoms with E-state index in [1.165, 1.54) is 26.4 Å². The van der Waals surface area contributed by atoms with Gasteiger partial charge < -0.3 is 20.0 Å². The first-order valence-electron chi connectivity index (χ1n) is 9.87. The molecule has 2 aliphatic carbocycles. The second-order valence-electron chi connectivity index (χ2n) is 8.23. The number of carboxylic acid groups (broad SMARTS) is 1. The number of ether oxygens (including phenoxy) is 1. The summed E-state index contributed by atoms with van der Waals surface area (Å²) in [6.45, 7) is 0. The molecule has 144 valence electrons. The number of methoxy groups -OCH3 is 1. The number of nitrogens with one attached hydrogen (secondary N) is 1. The highest BCUT2D eigenvalue weighted by Crippen LogP contribution is 2.63. The zero-order valence-electron chi connectivity index (χ0n) is 15.7. The van der Waals surface area contributed by atoms with Crippen LogP contribution in [0.1, 0.15) is 63.1 Å². The third-order valence-electron chi connectivity index (χ3n) is 7.03. The van der Waals surface area contributed by atoms with Crippen molar-refractivity contribution in [2.45, 2.75) is 31.2 Å². The predicted octanol–water partition coefficient (Wildman–Crippen LogP) is 3.13. The number of carbonyl (C=O) groups excluding carboxylic acids is 2. The van der Waals surface area contributed by atoms with Crippen molar-refractivity contribution in [3.8, 4) is 0 Å². The van der Waals surface area contributed by atoms with Gasteiger partial charge >= 0.3 is 5.97 Å². The molecule has 2 bridgehead atoms. The maximum Gasteiger partial charge on any atom is 0.337 e. The van der Waals surface area contributed by atoms with Gasteiger partial charge in [0.25, 0.3) is 0 Å². The van der Waals surface area contributed by atoms with Gasteiger partial charge in [-0.05, 0) is 66.2 Å². The van der Waals surface area contributed by atoms with E-state index < -0.39 is 5.97 Å². The number of aromatic carboxylic acids is 1. The number of fused-ring (bicyclic) bond motifs is 7. The summed E-state index contributed by atoms with van der Waals surface area (Å²) >= 11 is 0. The smallest absolute Gasteiger partial charge is 0.337 e. The molecule has 0 aromatic heterocycles. The van der Waals surface area contributed by atoms with Crippen LogP contribution in [-0.4, -0.2) is 19.0 Å². The predicted molar refractivity (Wildman–Crippen MR) is 102 cm³/mol. The van der Waals surface area contributed by atoms with Crippen LogP contribution in [0, 0.1) is 17.8 Å². The van der Waals surface area contributed by atoms with Crippen molar-refractivity contribution >= 4 is 17.6 Å². The highest BCUT2D eigenvalue weighted by Gasteiger charge is 2.54. The quantitative estimate of drug-likeness (QED) is 0.833. The summed E-state index contributed by atoms with van der Waals surface area (Å²) in [6.07, 6.45) is 3.66. The molecular weight excluding hydrogens is 354 g/mol. The molecule has 1 aliphatic heterocycles. The van der Waals surface area contributed by atoms with Gasteiger partial charge in [0.1, 0.15) is 0 Å². The summed E-state index contributed by atoms with van der Waals surface area (Å²) in [5.74, 6) is 0.570. The summed E-state index contributed by atoms with van der Waals surface area (Å²) in [7, 11) is 1.37. The first kappa shape index (κ1) is 17.3. The van der Waals surface area contributed by atoms with Crippen molar-refractivity contribution < 1.29 is 19.4 Å². The molecular formula is C23H22NO4-. The van der Waals surface area contributed by atoms with Gasteiger partial charge in [-0.25, -0.2) is 4.79 Å². The summed E-state index contributed by atoms with van der Waals surface area (Å²) in [6, 6.07) is 13.0. The number of benzene rings is 2. The SMILES string of the molecule is COC(=O)c1ccc([C@@H]2Nc3c(C(=O)[O-])cccc3[C@@H]3[C@H]4CC[C@H](C4)[C@@H]32)cc1. The second kappa shape index (κ2) is 6.36. The van der Waals surface area contributed by atoms with Gasteiger partial charge in [-0.3, -0.25) is 0 Å². The maximum atomic E-state index is 11.8. The molecule has 5 heteroatoms. The van der Waals surface area contributed by atoms with Gasteiger partial charge in [0.05, 0.1) is 24.7 Å². The number of esters is 1. The molecule has 1 heterocycles. The Balaban J connectivity index is 1.59. The third kappa shape index (κ3) is 2.45. The lowest BCUT2D eigenvalue weighted by atomic mass is 9.67. The molecule has 0 amide bonds. The van der Waals surface area contributed by atoms with Crippen LogP contribution in [0.4, 0.5) is 5.69 Å². The molecule has 2 aromatic rings. The Morgan fingerprint density at radius 2 is 1.82 bits per heavy atom. The highest BCUT2D eigenvalue weighted by molar-refractivity contribution is 5.94. The number of hydrogen-bond acceptors (Lipinski definition) is 5. The largest absolute Gasteiger partial charge is 0.545 e. The molecule has 0 spiro atoms. The van der Waals surface area contributed by atoms with Crippen molar-refractivity contribution in [2.75, 3.05) is 12.4 Å². The number of anilines is 1. The lowest BCUT2D eigenvalue weighted by molar-refractivity contribution is -0.254. The van der Waals surface area contributed by atoms with E-state index in [1.54, 1.807) is 18.2 Å². The third-order valence-corrected chi connectivity index (χ3v) is 7.03. The fourth-order valence-corrected chi connectivity index (χ4v) is 5.96. The van der Waals surface area contributed by atoms with Crippen LogP contribution in [0.25, 0.3) is 0 Å². The minimum Gasteiger partial charge on any atom is -0.545 e. The van der Waals surface area contributed by atoms with Gasteiger partial charge in [0, 0.05) is 11.3 Å². The van der Waals surface area contributed by atoms with Gasteiger partial charge in [0.15, 0.2) is 0 Å². The maximum absolute atomic E-state index is 11.8. The number of para-hydroxylation sites is 1. The van der Waals surface area contributed by atoms with Gasteiger partial charge in [-0.2, -0.15) is 0 Å². The van der Waals surface area contributed by atoms with E-state index in [9.17, 15) is 14.7 Å². The molecule has 2 aromatic carbocycles. The summed E-state index contributed by atoms with van der Waals surface area (Å²) < 4.78 is 4.79. The highest BCUT2D eigenvalue weighted by atomic mass is 16.5. The van der Waals surface area contributed by atoms with Crippen LogP contribution in [0.5, 0.6) is 0 Å². The van der Waals surface area contributed by atoms with E-state index >= 15 is 0 Å². The van der Waals surface area contributed by atoms with Crippen molar-refractivity contribution in [2.24, 2.45) is 17.8 Å². The average molecular weight is 376 g/mol. The fourth-order valence-electron chi connectivity index (χ4n) is 5.96. The zero-order chi connectivity index (χ0) is 19.4. The lowest BCUT2D eigenvalue weighted by Crippen LogP contribution is -2.37. The summed E-state index contributed by atoms with van der Waals surface area (Å²) in [5, 5.41) is 15.3. The van der Waals surface area contributed by atoms with Crippen LogP contribution < -0.4 is 10.4 Å². The average Bonchev–Trinajstić information content (AvgIpc) is 3.35. The topological polar surface area (TPSA) is 78.5 Å². The molecule has 1 N–H and O–H groups in total. The first-order valence-corrected chi connectivity index (χ1v) is 9.87. The van der Waals surface area contributed by atoms with Crippen LogP contribution in [0.15, 0.2) is 42.5 Å². The van der Waals surface area contributed by atoms with Gasteiger partial charge in [0.2, 0.25) is 0 Å². The molecule has 0 saturated heterocycles.